The standard InChI is InChI=1S/C13H16O5/c1-8(6-14)12-5-10(18-7-13(16)17)3-4-11(12)9(2)15/h3-5,8,14H,6-7H2,1-2H3,(H,16,17). The summed E-state index contributed by atoms with van der Waals surface area (Å²) in [6.07, 6.45) is 0. The van der Waals surface area contributed by atoms with Crippen LogP contribution in [0.1, 0.15) is 35.7 Å². The summed E-state index contributed by atoms with van der Waals surface area (Å²) >= 11 is 0. The molecule has 1 aromatic rings. The zero-order valence-corrected chi connectivity index (χ0v) is 10.3. The van der Waals surface area contributed by atoms with Gasteiger partial charge in [0.15, 0.2) is 12.4 Å². The van der Waals surface area contributed by atoms with E-state index in [2.05, 4.69) is 0 Å². The number of carboxylic acid groups (broad SMARTS) is 1. The Hall–Kier alpha value is -1.88. The Bertz CT molecular complexity index is 453. The van der Waals surface area contributed by atoms with Crippen molar-refractivity contribution in [2.45, 2.75) is 19.8 Å². The van der Waals surface area contributed by atoms with Crippen LogP contribution in [-0.2, 0) is 4.79 Å². The van der Waals surface area contributed by atoms with Crippen LogP contribution in [-0.4, -0.2) is 35.2 Å². The molecule has 0 spiro atoms. The fraction of sp³-hybridized carbons (Fsp3) is 0.385. The van der Waals surface area contributed by atoms with Gasteiger partial charge in [-0.3, -0.25) is 4.79 Å². The lowest BCUT2D eigenvalue weighted by Gasteiger charge is -2.14. The zero-order chi connectivity index (χ0) is 13.7. The molecule has 0 bridgehead atoms. The number of carbonyl (C=O) groups is 2. The van der Waals surface area contributed by atoms with Gasteiger partial charge in [-0.05, 0) is 30.7 Å². The molecule has 1 atom stereocenters. The van der Waals surface area contributed by atoms with Gasteiger partial charge in [0.05, 0.1) is 0 Å². The highest BCUT2D eigenvalue weighted by Crippen LogP contribution is 2.25. The molecule has 2 N–H and O–H groups in total. The van der Waals surface area contributed by atoms with Crippen molar-refractivity contribution in [3.05, 3.63) is 29.3 Å². The van der Waals surface area contributed by atoms with Crippen LogP contribution in [0.25, 0.3) is 0 Å². The molecule has 1 rings (SSSR count). The maximum Gasteiger partial charge on any atom is 0.341 e. The number of aliphatic hydroxyl groups is 1. The number of aliphatic carboxylic acids is 1. The van der Waals surface area contributed by atoms with E-state index in [1.165, 1.54) is 6.92 Å². The summed E-state index contributed by atoms with van der Waals surface area (Å²) in [5, 5.41) is 17.7. The minimum absolute atomic E-state index is 0.0946. The summed E-state index contributed by atoms with van der Waals surface area (Å²) in [5.41, 5.74) is 1.17. The lowest BCUT2D eigenvalue weighted by molar-refractivity contribution is -0.139. The van der Waals surface area contributed by atoms with Crippen molar-refractivity contribution in [1.82, 2.24) is 0 Å². The van der Waals surface area contributed by atoms with Crippen LogP contribution in [0.5, 0.6) is 5.75 Å². The van der Waals surface area contributed by atoms with Crippen LogP contribution in [0.3, 0.4) is 0 Å². The third kappa shape index (κ3) is 3.56. The first-order chi connectivity index (χ1) is 8.45. The normalized spacial score (nSPS) is 11.9. The van der Waals surface area contributed by atoms with Crippen molar-refractivity contribution in [2.75, 3.05) is 13.2 Å². The smallest absolute Gasteiger partial charge is 0.341 e. The number of hydrogen-bond donors (Lipinski definition) is 2. The minimum atomic E-state index is -1.07. The number of carboxylic acids is 1. The molecule has 0 heterocycles. The molecule has 0 radical (unpaired) electrons. The summed E-state index contributed by atoms with van der Waals surface area (Å²) in [7, 11) is 0. The highest BCUT2D eigenvalue weighted by Gasteiger charge is 2.14. The van der Waals surface area contributed by atoms with Crippen LogP contribution in [0.4, 0.5) is 0 Å². The number of Topliss-reactive ketones (excluding diaryl/α,β-unsaturated/α-hetero) is 1. The molecule has 0 aliphatic rings. The van der Waals surface area contributed by atoms with E-state index < -0.39 is 12.6 Å². The van der Waals surface area contributed by atoms with Crippen LogP contribution in [0, 0.1) is 0 Å². The predicted octanol–water partition coefficient (Wildman–Crippen LogP) is 1.45. The second kappa shape index (κ2) is 6.16. The van der Waals surface area contributed by atoms with Crippen LogP contribution in [0.15, 0.2) is 18.2 Å². The average Bonchev–Trinajstić information content (AvgIpc) is 2.34. The first-order valence-corrected chi connectivity index (χ1v) is 5.56. The van der Waals surface area contributed by atoms with Gasteiger partial charge in [0.25, 0.3) is 0 Å². The number of rotatable bonds is 6. The molecule has 5 nitrogen and oxygen atoms in total. The lowest BCUT2D eigenvalue weighted by atomic mass is 9.94. The summed E-state index contributed by atoms with van der Waals surface area (Å²) in [6, 6.07) is 4.73. The van der Waals surface area contributed by atoms with E-state index in [1.54, 1.807) is 25.1 Å². The molecule has 0 saturated heterocycles. The number of aliphatic hydroxyl groups excluding tert-OH is 1. The predicted molar refractivity (Wildman–Crippen MR) is 65.1 cm³/mol. The Morgan fingerprint density at radius 1 is 1.39 bits per heavy atom. The summed E-state index contributed by atoms with van der Waals surface area (Å²) in [4.78, 5) is 21.9. The molecule has 18 heavy (non-hydrogen) atoms. The van der Waals surface area contributed by atoms with Crippen LogP contribution >= 0.6 is 0 Å². The monoisotopic (exact) mass is 252 g/mol. The third-order valence-electron chi connectivity index (χ3n) is 2.57. The molecule has 98 valence electrons. The number of ether oxygens (including phenoxy) is 1. The Kier molecular flexibility index (Phi) is 4.85. The first kappa shape index (κ1) is 14.2. The molecule has 5 heteroatoms. The van der Waals surface area contributed by atoms with Crippen LogP contribution in [0.2, 0.25) is 0 Å². The minimum Gasteiger partial charge on any atom is -0.482 e. The fourth-order valence-corrected chi connectivity index (χ4v) is 1.60. The Morgan fingerprint density at radius 3 is 2.56 bits per heavy atom. The molecule has 1 aromatic carbocycles. The molecule has 0 aliphatic carbocycles. The topological polar surface area (TPSA) is 83.8 Å². The molecule has 1 unspecified atom stereocenters. The number of benzene rings is 1. The fourth-order valence-electron chi connectivity index (χ4n) is 1.60. The second-order valence-electron chi connectivity index (χ2n) is 4.07. The van der Waals surface area contributed by atoms with Gasteiger partial charge < -0.3 is 14.9 Å². The van der Waals surface area contributed by atoms with Crippen molar-refractivity contribution < 1.29 is 24.5 Å². The average molecular weight is 252 g/mol. The van der Waals surface area contributed by atoms with E-state index in [1.807, 2.05) is 0 Å². The highest BCUT2D eigenvalue weighted by atomic mass is 16.5. The molecule has 0 saturated carbocycles. The van der Waals surface area contributed by atoms with Gasteiger partial charge in [0.2, 0.25) is 0 Å². The molecule has 0 amide bonds. The molecule has 0 aliphatic heterocycles. The van der Waals surface area contributed by atoms with Crippen molar-refractivity contribution in [3.8, 4) is 5.75 Å². The number of ketones is 1. The first-order valence-electron chi connectivity index (χ1n) is 5.56. The Morgan fingerprint density at radius 2 is 2.06 bits per heavy atom. The van der Waals surface area contributed by atoms with Crippen molar-refractivity contribution >= 4 is 11.8 Å². The number of carbonyl (C=O) groups excluding carboxylic acids is 1. The lowest BCUT2D eigenvalue weighted by Crippen LogP contribution is -2.11. The molecular formula is C13H16O5. The highest BCUT2D eigenvalue weighted by molar-refractivity contribution is 5.96. The summed E-state index contributed by atoms with van der Waals surface area (Å²) in [6.45, 7) is 2.69. The van der Waals surface area contributed by atoms with E-state index in [0.717, 1.165) is 0 Å². The van der Waals surface area contributed by atoms with Gasteiger partial charge >= 0.3 is 5.97 Å². The maximum atomic E-state index is 11.4. The van der Waals surface area contributed by atoms with Gasteiger partial charge in [-0.1, -0.05) is 6.92 Å². The summed E-state index contributed by atoms with van der Waals surface area (Å²) < 4.78 is 5.05. The van der Waals surface area contributed by atoms with Crippen molar-refractivity contribution in [3.63, 3.8) is 0 Å². The van der Waals surface area contributed by atoms with E-state index in [-0.39, 0.29) is 18.3 Å². The van der Waals surface area contributed by atoms with Gasteiger partial charge in [-0.2, -0.15) is 0 Å². The maximum absolute atomic E-state index is 11.4. The van der Waals surface area contributed by atoms with E-state index in [9.17, 15) is 9.59 Å². The van der Waals surface area contributed by atoms with Crippen molar-refractivity contribution in [2.24, 2.45) is 0 Å². The zero-order valence-electron chi connectivity index (χ0n) is 10.3. The van der Waals surface area contributed by atoms with Crippen molar-refractivity contribution in [1.29, 1.82) is 0 Å². The van der Waals surface area contributed by atoms with Crippen LogP contribution < -0.4 is 4.74 Å². The SMILES string of the molecule is CC(=O)c1ccc(OCC(=O)O)cc1C(C)CO. The van der Waals surface area contributed by atoms with Gasteiger partial charge in [-0.15, -0.1) is 0 Å². The largest absolute Gasteiger partial charge is 0.482 e. The Balaban J connectivity index is 3.05. The Labute approximate surface area is 105 Å². The van der Waals surface area contributed by atoms with Gasteiger partial charge in [-0.25, -0.2) is 4.79 Å². The van der Waals surface area contributed by atoms with E-state index in [0.29, 0.717) is 16.9 Å². The van der Waals surface area contributed by atoms with Gasteiger partial charge in [0, 0.05) is 18.1 Å². The number of hydrogen-bond acceptors (Lipinski definition) is 4. The third-order valence-corrected chi connectivity index (χ3v) is 2.57. The molecule has 0 fully saturated rings. The van der Waals surface area contributed by atoms with Gasteiger partial charge in [0.1, 0.15) is 5.75 Å². The summed E-state index contributed by atoms with van der Waals surface area (Å²) in [5.74, 6) is -1.01. The van der Waals surface area contributed by atoms with E-state index >= 15 is 0 Å². The quantitative estimate of drug-likeness (QED) is 0.748. The second-order valence-corrected chi connectivity index (χ2v) is 4.07. The molecular weight excluding hydrogens is 236 g/mol. The van der Waals surface area contributed by atoms with E-state index in [4.69, 9.17) is 14.9 Å². The molecule has 0 aromatic heterocycles.